The molecule has 0 saturated heterocycles. The predicted octanol–water partition coefficient (Wildman–Crippen LogP) is 1.93. The molecule has 1 atom stereocenters. The minimum atomic E-state index is -0.480. The highest BCUT2D eigenvalue weighted by atomic mass is 16.5. The molecule has 2 amide bonds. The highest BCUT2D eigenvalue weighted by Gasteiger charge is 2.35. The first-order chi connectivity index (χ1) is 11.2. The van der Waals surface area contributed by atoms with Crippen LogP contribution in [-0.4, -0.2) is 29.9 Å². The summed E-state index contributed by atoms with van der Waals surface area (Å²) in [5.41, 5.74) is 2.23. The first-order valence-corrected chi connectivity index (χ1v) is 7.51. The van der Waals surface area contributed by atoms with Gasteiger partial charge in [-0.1, -0.05) is 18.2 Å². The van der Waals surface area contributed by atoms with Crippen LogP contribution in [0.1, 0.15) is 17.9 Å². The molecule has 1 aromatic heterocycles. The lowest BCUT2D eigenvalue weighted by molar-refractivity contribution is -0.124. The summed E-state index contributed by atoms with van der Waals surface area (Å²) in [6.07, 6.45) is 3.42. The van der Waals surface area contributed by atoms with Gasteiger partial charge in [0.05, 0.1) is 18.7 Å². The quantitative estimate of drug-likeness (QED) is 0.874. The molecule has 3 heterocycles. The van der Waals surface area contributed by atoms with Crippen molar-refractivity contribution in [2.45, 2.75) is 12.3 Å². The van der Waals surface area contributed by atoms with Crippen molar-refractivity contribution >= 4 is 23.2 Å². The van der Waals surface area contributed by atoms with Crippen LogP contribution in [0.5, 0.6) is 5.75 Å². The number of hydrogen-bond donors (Lipinski definition) is 1. The summed E-state index contributed by atoms with van der Waals surface area (Å²) in [7, 11) is 0. The van der Waals surface area contributed by atoms with E-state index in [0.29, 0.717) is 30.3 Å². The summed E-state index contributed by atoms with van der Waals surface area (Å²) in [6.45, 7) is 0.890. The van der Waals surface area contributed by atoms with Crippen molar-refractivity contribution in [1.82, 2.24) is 4.98 Å². The number of hydrogen-bond acceptors (Lipinski definition) is 4. The van der Waals surface area contributed by atoms with Gasteiger partial charge in [0.1, 0.15) is 18.0 Å². The van der Waals surface area contributed by atoms with E-state index in [9.17, 15) is 9.59 Å². The van der Waals surface area contributed by atoms with Crippen LogP contribution >= 0.6 is 0 Å². The van der Waals surface area contributed by atoms with Crippen LogP contribution in [-0.2, 0) is 9.59 Å². The Labute approximate surface area is 133 Å². The number of carbonyl (C=O) groups excluding carboxylic acids is 2. The maximum absolute atomic E-state index is 13.1. The number of aromatic nitrogens is 1. The lowest BCUT2D eigenvalue weighted by atomic mass is 9.89. The molecule has 0 aliphatic carbocycles. The second kappa shape index (κ2) is 5.39. The number of amides is 2. The number of rotatable bonds is 1. The molecule has 1 N–H and O–H groups in total. The maximum Gasteiger partial charge on any atom is 0.235 e. The third-order valence-electron chi connectivity index (χ3n) is 4.19. The fourth-order valence-electron chi connectivity index (χ4n) is 3.11. The second-order valence-electron chi connectivity index (χ2n) is 5.57. The molecule has 6 nitrogen and oxygen atoms in total. The molecule has 6 heteroatoms. The summed E-state index contributed by atoms with van der Waals surface area (Å²) in [4.78, 5) is 30.8. The van der Waals surface area contributed by atoms with E-state index in [1.54, 1.807) is 23.4 Å². The van der Waals surface area contributed by atoms with Gasteiger partial charge >= 0.3 is 0 Å². The number of ether oxygens (including phenoxy) is 1. The molecule has 2 aliphatic heterocycles. The lowest BCUT2D eigenvalue weighted by Gasteiger charge is -2.33. The molecule has 0 spiro atoms. The zero-order chi connectivity index (χ0) is 15.8. The van der Waals surface area contributed by atoms with Crippen LogP contribution in [0.25, 0.3) is 0 Å². The molecule has 4 rings (SSSR count). The topological polar surface area (TPSA) is 71.5 Å². The van der Waals surface area contributed by atoms with E-state index in [2.05, 4.69) is 10.3 Å². The van der Waals surface area contributed by atoms with Gasteiger partial charge in [-0.25, -0.2) is 0 Å². The molecule has 0 fully saturated rings. The van der Waals surface area contributed by atoms with E-state index in [-0.39, 0.29) is 18.2 Å². The number of nitrogens with zero attached hydrogens (tertiary/aromatic N) is 2. The van der Waals surface area contributed by atoms with Gasteiger partial charge in [0.15, 0.2) is 0 Å². The van der Waals surface area contributed by atoms with Gasteiger partial charge < -0.3 is 15.0 Å². The monoisotopic (exact) mass is 309 g/mol. The van der Waals surface area contributed by atoms with Gasteiger partial charge in [-0.05, 0) is 11.6 Å². The Hall–Kier alpha value is -2.89. The number of carbonyl (C=O) groups is 2. The van der Waals surface area contributed by atoms with E-state index in [1.165, 1.54) is 0 Å². The van der Waals surface area contributed by atoms with E-state index < -0.39 is 5.92 Å². The summed E-state index contributed by atoms with van der Waals surface area (Å²) < 4.78 is 5.57. The van der Waals surface area contributed by atoms with Gasteiger partial charge in [0.2, 0.25) is 11.8 Å². The Morgan fingerprint density at radius 1 is 1.30 bits per heavy atom. The van der Waals surface area contributed by atoms with Crippen molar-refractivity contribution < 1.29 is 14.3 Å². The number of pyridine rings is 1. The number of nitrogens with one attached hydrogen (secondary N) is 1. The first kappa shape index (κ1) is 13.8. The zero-order valence-corrected chi connectivity index (χ0v) is 12.4. The number of fused-ring (bicyclic) bond motifs is 2. The zero-order valence-electron chi connectivity index (χ0n) is 12.4. The Bertz CT molecular complexity index is 790. The number of anilines is 2. The SMILES string of the molecule is O=C1CC(C(=O)N2CCOc3ccncc32)c2ccccc2N1. The minimum Gasteiger partial charge on any atom is -0.489 e. The Morgan fingerprint density at radius 2 is 2.17 bits per heavy atom. The Kier molecular flexibility index (Phi) is 3.22. The van der Waals surface area contributed by atoms with E-state index >= 15 is 0 Å². The normalized spacial score (nSPS) is 19.2. The smallest absolute Gasteiger partial charge is 0.235 e. The maximum atomic E-state index is 13.1. The Balaban J connectivity index is 1.72. The third kappa shape index (κ3) is 2.32. The van der Waals surface area contributed by atoms with Crippen molar-refractivity contribution in [3.63, 3.8) is 0 Å². The van der Waals surface area contributed by atoms with Gasteiger partial charge in [0.25, 0.3) is 0 Å². The van der Waals surface area contributed by atoms with Crippen molar-refractivity contribution in [3.8, 4) is 5.75 Å². The summed E-state index contributed by atoms with van der Waals surface area (Å²) >= 11 is 0. The van der Waals surface area contributed by atoms with E-state index in [4.69, 9.17) is 4.74 Å². The Morgan fingerprint density at radius 3 is 3.09 bits per heavy atom. The molecule has 0 saturated carbocycles. The van der Waals surface area contributed by atoms with Crippen LogP contribution in [0, 0.1) is 0 Å². The van der Waals surface area contributed by atoms with Crippen molar-refractivity contribution in [1.29, 1.82) is 0 Å². The number of benzene rings is 1. The highest BCUT2D eigenvalue weighted by Crippen LogP contribution is 2.37. The molecule has 23 heavy (non-hydrogen) atoms. The fraction of sp³-hybridized carbons (Fsp3) is 0.235. The fourth-order valence-corrected chi connectivity index (χ4v) is 3.11. The number of para-hydroxylation sites is 1. The minimum absolute atomic E-state index is 0.0927. The average molecular weight is 309 g/mol. The van der Waals surface area contributed by atoms with Crippen LogP contribution in [0.3, 0.4) is 0 Å². The average Bonchev–Trinajstić information content (AvgIpc) is 2.60. The van der Waals surface area contributed by atoms with E-state index in [1.807, 2.05) is 24.3 Å². The molecular weight excluding hydrogens is 294 g/mol. The van der Waals surface area contributed by atoms with Crippen LogP contribution in [0.4, 0.5) is 11.4 Å². The molecule has 1 aromatic carbocycles. The summed E-state index contributed by atoms with van der Waals surface area (Å²) in [5, 5.41) is 2.82. The second-order valence-corrected chi connectivity index (χ2v) is 5.57. The van der Waals surface area contributed by atoms with Gasteiger partial charge in [0, 0.05) is 24.4 Å². The summed E-state index contributed by atoms with van der Waals surface area (Å²) in [5.74, 6) is -0.0641. The summed E-state index contributed by atoms with van der Waals surface area (Å²) in [6, 6.07) is 9.19. The van der Waals surface area contributed by atoms with Gasteiger partial charge in [-0.15, -0.1) is 0 Å². The third-order valence-corrected chi connectivity index (χ3v) is 4.19. The molecule has 0 radical (unpaired) electrons. The largest absolute Gasteiger partial charge is 0.489 e. The molecular formula is C17H15N3O3. The van der Waals surface area contributed by atoms with Gasteiger partial charge in [-0.2, -0.15) is 0 Å². The van der Waals surface area contributed by atoms with Crippen molar-refractivity contribution in [2.75, 3.05) is 23.4 Å². The molecule has 2 aliphatic rings. The molecule has 1 unspecified atom stereocenters. The lowest BCUT2D eigenvalue weighted by Crippen LogP contribution is -2.42. The van der Waals surface area contributed by atoms with Gasteiger partial charge in [-0.3, -0.25) is 14.6 Å². The van der Waals surface area contributed by atoms with Crippen LogP contribution in [0.15, 0.2) is 42.7 Å². The molecule has 2 aromatic rings. The first-order valence-electron chi connectivity index (χ1n) is 7.51. The molecule has 116 valence electrons. The standard InChI is InChI=1S/C17H15N3O3/c21-16-9-12(11-3-1-2-4-13(11)19-16)17(22)20-7-8-23-15-5-6-18-10-14(15)20/h1-6,10,12H,7-9H2,(H,19,21). The van der Waals surface area contributed by atoms with Crippen LogP contribution in [0.2, 0.25) is 0 Å². The van der Waals surface area contributed by atoms with Crippen molar-refractivity contribution in [2.24, 2.45) is 0 Å². The highest BCUT2D eigenvalue weighted by molar-refractivity contribution is 6.06. The van der Waals surface area contributed by atoms with Crippen LogP contribution < -0.4 is 15.0 Å². The predicted molar refractivity (Wildman–Crippen MR) is 84.5 cm³/mol. The molecule has 0 bridgehead atoms. The van der Waals surface area contributed by atoms with Crippen molar-refractivity contribution in [3.05, 3.63) is 48.3 Å². The van der Waals surface area contributed by atoms with E-state index in [0.717, 1.165) is 5.56 Å².